The third kappa shape index (κ3) is 3.92. The first-order chi connectivity index (χ1) is 16.4. The predicted octanol–water partition coefficient (Wildman–Crippen LogP) is 5.31. The number of hydrogen-bond acceptors (Lipinski definition) is 4. The summed E-state index contributed by atoms with van der Waals surface area (Å²) in [5, 5.41) is 8.92. The topological polar surface area (TPSA) is 73.2 Å². The number of halogens is 2. The average molecular weight is 478 g/mol. The van der Waals surface area contributed by atoms with Gasteiger partial charge in [-0.1, -0.05) is 29.8 Å². The van der Waals surface area contributed by atoms with Crippen LogP contribution in [0.25, 0.3) is 27.8 Å². The van der Waals surface area contributed by atoms with Gasteiger partial charge in [-0.15, -0.1) is 0 Å². The molecule has 6 nitrogen and oxygen atoms in total. The third-order valence-corrected chi connectivity index (χ3v) is 6.24. The zero-order chi connectivity index (χ0) is 23.9. The minimum atomic E-state index is -0.956. The molecular formula is C26H21ClFN3O3. The molecule has 1 N–H and O–H groups in total. The second-order valence-electron chi connectivity index (χ2n) is 8.21. The maximum absolute atomic E-state index is 13.6. The van der Waals surface area contributed by atoms with E-state index in [0.29, 0.717) is 40.3 Å². The third-order valence-electron chi connectivity index (χ3n) is 5.91. The molecule has 5 rings (SSSR count). The highest BCUT2D eigenvalue weighted by atomic mass is 35.5. The molecule has 1 amide bonds. The van der Waals surface area contributed by atoms with E-state index in [9.17, 15) is 14.0 Å². The number of ether oxygens (including phenoxy) is 1. The molecule has 0 bridgehead atoms. The molecule has 0 unspecified atom stereocenters. The van der Waals surface area contributed by atoms with E-state index in [2.05, 4.69) is 5.32 Å². The number of nitrogens with one attached hydrogen (secondary N) is 1. The van der Waals surface area contributed by atoms with Crippen molar-refractivity contribution in [2.45, 2.75) is 25.3 Å². The van der Waals surface area contributed by atoms with E-state index < -0.39 is 11.5 Å². The van der Waals surface area contributed by atoms with Crippen molar-refractivity contribution in [3.8, 4) is 16.9 Å². The highest BCUT2D eigenvalue weighted by molar-refractivity contribution is 6.33. The Balaban J connectivity index is 1.60. The van der Waals surface area contributed by atoms with Crippen LogP contribution >= 0.6 is 11.6 Å². The first-order valence-corrected chi connectivity index (χ1v) is 11.3. The van der Waals surface area contributed by atoms with Gasteiger partial charge in [-0.2, -0.15) is 5.10 Å². The number of esters is 1. The monoisotopic (exact) mass is 477 g/mol. The van der Waals surface area contributed by atoms with Crippen molar-refractivity contribution in [3.63, 3.8) is 0 Å². The number of fused-ring (bicyclic) bond motifs is 1. The number of carbonyl (C=O) groups is 2. The summed E-state index contributed by atoms with van der Waals surface area (Å²) >= 11 is 6.45. The van der Waals surface area contributed by atoms with E-state index in [4.69, 9.17) is 21.4 Å². The number of rotatable bonds is 6. The van der Waals surface area contributed by atoms with Crippen LogP contribution in [0, 0.1) is 5.82 Å². The molecule has 1 aromatic heterocycles. The van der Waals surface area contributed by atoms with Gasteiger partial charge in [0.05, 0.1) is 22.8 Å². The summed E-state index contributed by atoms with van der Waals surface area (Å²) in [6.45, 7) is 1.99. The summed E-state index contributed by atoms with van der Waals surface area (Å²) in [5.41, 5.74) is 2.08. The van der Waals surface area contributed by atoms with E-state index in [-0.39, 0.29) is 18.3 Å². The van der Waals surface area contributed by atoms with Crippen LogP contribution in [-0.4, -0.2) is 33.8 Å². The van der Waals surface area contributed by atoms with Gasteiger partial charge in [0.1, 0.15) is 17.1 Å². The van der Waals surface area contributed by atoms with E-state index in [1.54, 1.807) is 48.0 Å². The van der Waals surface area contributed by atoms with Crippen LogP contribution in [0.15, 0.2) is 66.7 Å². The van der Waals surface area contributed by atoms with E-state index in [1.165, 1.54) is 12.1 Å². The molecule has 0 aliphatic heterocycles. The number of benzene rings is 3. The second-order valence-corrected chi connectivity index (χ2v) is 8.61. The summed E-state index contributed by atoms with van der Waals surface area (Å²) in [7, 11) is 0. The van der Waals surface area contributed by atoms with Crippen molar-refractivity contribution in [3.05, 3.63) is 83.1 Å². The Morgan fingerprint density at radius 3 is 2.53 bits per heavy atom. The molecule has 34 heavy (non-hydrogen) atoms. The molecule has 8 heteroatoms. The van der Waals surface area contributed by atoms with Gasteiger partial charge in [0.15, 0.2) is 0 Å². The predicted molar refractivity (Wildman–Crippen MR) is 128 cm³/mol. The van der Waals surface area contributed by atoms with Crippen LogP contribution in [-0.2, 0) is 9.53 Å². The lowest BCUT2D eigenvalue weighted by atomic mass is 10.1. The maximum Gasteiger partial charge on any atom is 0.331 e. The molecule has 1 heterocycles. The van der Waals surface area contributed by atoms with Gasteiger partial charge in [-0.05, 0) is 68.3 Å². The Bertz CT molecular complexity index is 1410. The van der Waals surface area contributed by atoms with Crippen LogP contribution in [0.4, 0.5) is 4.39 Å². The molecule has 1 aliphatic carbocycles. The minimum Gasteiger partial charge on any atom is -0.464 e. The summed E-state index contributed by atoms with van der Waals surface area (Å²) in [5.74, 6) is -1.15. The first-order valence-electron chi connectivity index (χ1n) is 11.0. The van der Waals surface area contributed by atoms with Gasteiger partial charge in [-0.25, -0.2) is 13.9 Å². The Hall–Kier alpha value is -3.71. The summed E-state index contributed by atoms with van der Waals surface area (Å²) in [6.07, 6.45) is 1.09. The van der Waals surface area contributed by atoms with Crippen molar-refractivity contribution >= 4 is 34.4 Å². The average Bonchev–Trinajstić information content (AvgIpc) is 3.53. The lowest BCUT2D eigenvalue weighted by molar-refractivity contribution is -0.146. The van der Waals surface area contributed by atoms with Gasteiger partial charge >= 0.3 is 5.97 Å². The minimum absolute atomic E-state index is 0.254. The van der Waals surface area contributed by atoms with Gasteiger partial charge in [-0.3, -0.25) is 4.79 Å². The SMILES string of the molecule is CCOC(=O)C1(NC(=O)c2ccc3c(-c4ccccc4Cl)nn(-c4ccc(F)cc4)c3c2)CC1. The lowest BCUT2D eigenvalue weighted by Crippen LogP contribution is -2.44. The summed E-state index contributed by atoms with van der Waals surface area (Å²) in [4.78, 5) is 25.3. The van der Waals surface area contributed by atoms with E-state index in [0.717, 1.165) is 10.9 Å². The zero-order valence-electron chi connectivity index (χ0n) is 18.3. The first kappa shape index (κ1) is 22.1. The zero-order valence-corrected chi connectivity index (χ0v) is 19.1. The quantitative estimate of drug-likeness (QED) is 0.382. The van der Waals surface area contributed by atoms with Gasteiger partial charge in [0.25, 0.3) is 5.91 Å². The molecule has 3 aromatic carbocycles. The van der Waals surface area contributed by atoms with Crippen LogP contribution in [0.3, 0.4) is 0 Å². The van der Waals surface area contributed by atoms with Gasteiger partial charge in [0, 0.05) is 16.5 Å². The van der Waals surface area contributed by atoms with Crippen molar-refractivity contribution < 1.29 is 18.7 Å². The normalized spacial score (nSPS) is 14.1. The van der Waals surface area contributed by atoms with Crippen molar-refractivity contribution in [1.29, 1.82) is 0 Å². The fourth-order valence-corrected chi connectivity index (χ4v) is 4.18. The molecule has 1 fully saturated rings. The van der Waals surface area contributed by atoms with Crippen LogP contribution in [0.1, 0.15) is 30.1 Å². The summed E-state index contributed by atoms with van der Waals surface area (Å²) < 4.78 is 20.3. The molecule has 4 aromatic rings. The highest BCUT2D eigenvalue weighted by Crippen LogP contribution is 2.38. The van der Waals surface area contributed by atoms with Gasteiger partial charge in [0.2, 0.25) is 0 Å². The Kier molecular flexibility index (Phi) is 5.57. The molecule has 0 saturated heterocycles. The smallest absolute Gasteiger partial charge is 0.331 e. The number of hydrogen-bond donors (Lipinski definition) is 1. The maximum atomic E-state index is 13.6. The summed E-state index contributed by atoms with van der Waals surface area (Å²) in [6, 6.07) is 18.5. The second kappa shape index (κ2) is 8.57. The lowest BCUT2D eigenvalue weighted by Gasteiger charge is -2.16. The molecule has 0 radical (unpaired) electrons. The van der Waals surface area contributed by atoms with E-state index >= 15 is 0 Å². The molecule has 1 aliphatic rings. The molecule has 0 atom stereocenters. The highest BCUT2D eigenvalue weighted by Gasteiger charge is 2.52. The Morgan fingerprint density at radius 1 is 1.12 bits per heavy atom. The Labute approximate surface area is 200 Å². The van der Waals surface area contributed by atoms with Crippen LogP contribution < -0.4 is 5.32 Å². The van der Waals surface area contributed by atoms with E-state index in [1.807, 2.05) is 18.2 Å². The number of amides is 1. The number of carbonyl (C=O) groups excluding carboxylic acids is 2. The standard InChI is InChI=1S/C26H21ClFN3O3/c1-2-34-25(33)26(13-14-26)29-24(32)16-7-12-20-22(15-16)31(18-10-8-17(28)9-11-18)30-23(20)19-5-3-4-6-21(19)27/h3-12,15H,2,13-14H2,1H3,(H,29,32). The van der Waals surface area contributed by atoms with Crippen molar-refractivity contribution in [2.24, 2.45) is 0 Å². The Morgan fingerprint density at radius 2 is 1.85 bits per heavy atom. The molecule has 172 valence electrons. The number of nitrogens with zero attached hydrogens (tertiary/aromatic N) is 2. The molecule has 1 saturated carbocycles. The van der Waals surface area contributed by atoms with Crippen LogP contribution in [0.2, 0.25) is 5.02 Å². The van der Waals surface area contributed by atoms with Gasteiger partial charge < -0.3 is 10.1 Å². The largest absolute Gasteiger partial charge is 0.464 e. The van der Waals surface area contributed by atoms with Crippen molar-refractivity contribution in [1.82, 2.24) is 15.1 Å². The molecule has 0 spiro atoms. The molecular weight excluding hydrogens is 457 g/mol. The fourth-order valence-electron chi connectivity index (χ4n) is 3.95. The van der Waals surface area contributed by atoms with Crippen LogP contribution in [0.5, 0.6) is 0 Å². The fraction of sp³-hybridized carbons (Fsp3) is 0.192. The van der Waals surface area contributed by atoms with Crippen molar-refractivity contribution in [2.75, 3.05) is 6.61 Å². The number of aromatic nitrogens is 2.